The summed E-state index contributed by atoms with van der Waals surface area (Å²) < 4.78 is 3.58. The first-order chi connectivity index (χ1) is 6.98. The van der Waals surface area contributed by atoms with Crippen LogP contribution in [0.3, 0.4) is 0 Å². The van der Waals surface area contributed by atoms with Gasteiger partial charge in [-0.25, -0.2) is 0 Å². The van der Waals surface area contributed by atoms with E-state index in [2.05, 4.69) is 6.58 Å². The molecule has 4 heteroatoms. The molecule has 0 unspecified atom stereocenters. The second-order valence-corrected chi connectivity index (χ2v) is 5.47. The Morgan fingerprint density at radius 3 is 2.47 bits per heavy atom. The van der Waals surface area contributed by atoms with Gasteiger partial charge in [-0.15, -0.1) is 0 Å². The van der Waals surface area contributed by atoms with E-state index in [0.717, 1.165) is 16.3 Å². The van der Waals surface area contributed by atoms with Crippen LogP contribution in [0.1, 0.15) is 5.56 Å². The van der Waals surface area contributed by atoms with Gasteiger partial charge in [-0.3, -0.25) is 0 Å². The summed E-state index contributed by atoms with van der Waals surface area (Å²) in [6, 6.07) is 5.63. The predicted octanol–water partition coefficient (Wildman–Crippen LogP) is 4.82. The maximum absolute atomic E-state index is 5.75. The molecule has 0 saturated heterocycles. The van der Waals surface area contributed by atoms with E-state index in [1.165, 1.54) is 0 Å². The van der Waals surface area contributed by atoms with Crippen LogP contribution < -0.4 is 0 Å². The van der Waals surface area contributed by atoms with Crippen LogP contribution >= 0.6 is 34.8 Å². The standard InChI is InChI=1S/C11H7Cl3O/c1-7(11(12,13)14)8-2-3-9-5-15-6-10(9)4-8/h2-6H,1H2. The molecule has 0 N–H and O–H groups in total. The van der Waals surface area contributed by atoms with Crippen LogP contribution in [0.15, 0.2) is 41.7 Å². The Balaban J connectivity index is 2.49. The second kappa shape index (κ2) is 3.75. The third-order valence-electron chi connectivity index (χ3n) is 2.17. The zero-order chi connectivity index (χ0) is 11.1. The lowest BCUT2D eigenvalue weighted by molar-refractivity contribution is 0.572. The molecule has 0 saturated carbocycles. The van der Waals surface area contributed by atoms with Crippen LogP contribution in [0.4, 0.5) is 0 Å². The van der Waals surface area contributed by atoms with Gasteiger partial charge in [0.05, 0.1) is 12.5 Å². The van der Waals surface area contributed by atoms with Crippen molar-refractivity contribution in [2.75, 3.05) is 0 Å². The van der Waals surface area contributed by atoms with Crippen molar-refractivity contribution in [2.24, 2.45) is 0 Å². The van der Waals surface area contributed by atoms with Crippen molar-refractivity contribution >= 4 is 51.1 Å². The van der Waals surface area contributed by atoms with Crippen molar-refractivity contribution in [2.45, 2.75) is 3.79 Å². The summed E-state index contributed by atoms with van der Waals surface area (Å²) in [6.45, 7) is 3.76. The van der Waals surface area contributed by atoms with E-state index in [1.807, 2.05) is 18.2 Å². The predicted molar refractivity (Wildman–Crippen MR) is 65.5 cm³/mol. The third-order valence-corrected chi connectivity index (χ3v) is 2.85. The lowest BCUT2D eigenvalue weighted by Gasteiger charge is -2.14. The minimum atomic E-state index is -1.47. The molecule has 1 heterocycles. The molecule has 1 aromatic carbocycles. The maximum Gasteiger partial charge on any atom is 0.216 e. The van der Waals surface area contributed by atoms with Crippen LogP contribution in [0.5, 0.6) is 0 Å². The number of alkyl halides is 3. The summed E-state index contributed by atoms with van der Waals surface area (Å²) in [5.74, 6) is 0. The molecule has 2 rings (SSSR count). The lowest BCUT2D eigenvalue weighted by atomic mass is 10.1. The fraction of sp³-hybridized carbons (Fsp3) is 0.0909. The molecule has 0 fully saturated rings. The molecule has 0 aliphatic carbocycles. The largest absolute Gasteiger partial charge is 0.471 e. The first kappa shape index (κ1) is 10.9. The summed E-state index contributed by atoms with van der Waals surface area (Å²) in [6.07, 6.45) is 3.31. The minimum absolute atomic E-state index is 0.454. The normalized spacial score (nSPS) is 11.9. The van der Waals surface area contributed by atoms with E-state index >= 15 is 0 Å². The molecule has 0 aliphatic heterocycles. The minimum Gasteiger partial charge on any atom is -0.471 e. The van der Waals surface area contributed by atoms with Crippen molar-refractivity contribution in [1.82, 2.24) is 0 Å². The highest BCUT2D eigenvalue weighted by molar-refractivity contribution is 6.72. The van der Waals surface area contributed by atoms with Crippen molar-refractivity contribution in [3.8, 4) is 0 Å². The topological polar surface area (TPSA) is 13.1 Å². The van der Waals surface area contributed by atoms with Gasteiger partial charge in [0.15, 0.2) is 0 Å². The molecule has 15 heavy (non-hydrogen) atoms. The number of benzene rings is 1. The third kappa shape index (κ3) is 2.15. The number of hydrogen-bond acceptors (Lipinski definition) is 1. The van der Waals surface area contributed by atoms with Crippen molar-refractivity contribution < 1.29 is 4.42 Å². The van der Waals surface area contributed by atoms with Crippen LogP contribution in [-0.2, 0) is 0 Å². The van der Waals surface area contributed by atoms with Gasteiger partial charge >= 0.3 is 0 Å². The molecule has 2 aromatic rings. The number of furan rings is 1. The molecule has 0 bridgehead atoms. The summed E-state index contributed by atoms with van der Waals surface area (Å²) in [5.41, 5.74) is 1.25. The average molecular weight is 262 g/mol. The number of fused-ring (bicyclic) bond motifs is 1. The molecular formula is C11H7Cl3O. The molecule has 0 atom stereocenters. The monoisotopic (exact) mass is 260 g/mol. The Kier molecular flexibility index (Phi) is 2.72. The van der Waals surface area contributed by atoms with Gasteiger partial charge in [-0.1, -0.05) is 53.5 Å². The van der Waals surface area contributed by atoms with Gasteiger partial charge < -0.3 is 4.42 Å². The molecule has 0 spiro atoms. The number of rotatable bonds is 1. The van der Waals surface area contributed by atoms with Crippen molar-refractivity contribution in [3.63, 3.8) is 0 Å². The van der Waals surface area contributed by atoms with Gasteiger partial charge in [0, 0.05) is 16.3 Å². The smallest absolute Gasteiger partial charge is 0.216 e. The highest BCUT2D eigenvalue weighted by Crippen LogP contribution is 2.40. The fourth-order valence-corrected chi connectivity index (χ4v) is 1.64. The Bertz CT molecular complexity index is 508. The first-order valence-corrected chi connectivity index (χ1v) is 5.34. The molecule has 1 nitrogen and oxygen atoms in total. The molecular weight excluding hydrogens is 254 g/mol. The maximum atomic E-state index is 5.75. The van der Waals surface area contributed by atoms with Gasteiger partial charge in [0.2, 0.25) is 3.79 Å². The number of halogens is 3. The zero-order valence-electron chi connectivity index (χ0n) is 7.64. The molecule has 0 amide bonds. The van der Waals surface area contributed by atoms with E-state index in [9.17, 15) is 0 Å². The van der Waals surface area contributed by atoms with Crippen molar-refractivity contribution in [1.29, 1.82) is 0 Å². The zero-order valence-corrected chi connectivity index (χ0v) is 9.90. The summed E-state index contributed by atoms with van der Waals surface area (Å²) in [7, 11) is 0. The van der Waals surface area contributed by atoms with Crippen LogP contribution in [0, 0.1) is 0 Å². The van der Waals surface area contributed by atoms with E-state index < -0.39 is 3.79 Å². The van der Waals surface area contributed by atoms with Gasteiger partial charge in [0.25, 0.3) is 0 Å². The van der Waals surface area contributed by atoms with Crippen LogP contribution in [0.2, 0.25) is 0 Å². The summed E-state index contributed by atoms with van der Waals surface area (Å²) >= 11 is 17.3. The molecule has 0 aliphatic rings. The summed E-state index contributed by atoms with van der Waals surface area (Å²) in [5, 5.41) is 1.97. The molecule has 0 radical (unpaired) electrons. The van der Waals surface area contributed by atoms with Crippen LogP contribution in [0.25, 0.3) is 16.3 Å². The van der Waals surface area contributed by atoms with Gasteiger partial charge in [-0.2, -0.15) is 0 Å². The molecule has 78 valence electrons. The average Bonchev–Trinajstić information content (AvgIpc) is 2.61. The van der Waals surface area contributed by atoms with E-state index in [-0.39, 0.29) is 0 Å². The van der Waals surface area contributed by atoms with E-state index in [1.54, 1.807) is 12.5 Å². The lowest BCUT2D eigenvalue weighted by Crippen LogP contribution is -2.04. The number of allylic oxidation sites excluding steroid dienone is 1. The van der Waals surface area contributed by atoms with E-state index in [4.69, 9.17) is 39.2 Å². The SMILES string of the molecule is C=C(c1ccc2cocc2c1)C(Cl)(Cl)Cl. The highest BCUT2D eigenvalue weighted by atomic mass is 35.6. The summed E-state index contributed by atoms with van der Waals surface area (Å²) in [4.78, 5) is 0. The number of hydrogen-bond donors (Lipinski definition) is 0. The van der Waals surface area contributed by atoms with Gasteiger partial charge in [-0.05, 0) is 11.6 Å². The Morgan fingerprint density at radius 1 is 1.13 bits per heavy atom. The van der Waals surface area contributed by atoms with Crippen molar-refractivity contribution in [3.05, 3.63) is 42.9 Å². The van der Waals surface area contributed by atoms with Crippen LogP contribution in [-0.4, -0.2) is 3.79 Å². The van der Waals surface area contributed by atoms with E-state index in [0.29, 0.717) is 5.57 Å². The van der Waals surface area contributed by atoms with Gasteiger partial charge in [0.1, 0.15) is 0 Å². The Labute approximate surface area is 102 Å². The second-order valence-electron chi connectivity index (χ2n) is 3.19. The Hall–Kier alpha value is -0.630. The molecule has 1 aromatic heterocycles. The highest BCUT2D eigenvalue weighted by Gasteiger charge is 2.25. The quantitative estimate of drug-likeness (QED) is 0.671. The Morgan fingerprint density at radius 2 is 1.80 bits per heavy atom. The first-order valence-electron chi connectivity index (χ1n) is 4.21. The fourth-order valence-electron chi connectivity index (χ4n) is 1.32.